The van der Waals surface area contributed by atoms with Crippen LogP contribution in [0.25, 0.3) is 32.8 Å². The van der Waals surface area contributed by atoms with E-state index < -0.39 is 32.7 Å². The first-order valence-electron chi connectivity index (χ1n) is 8.12. The Kier molecular flexibility index (Phi) is 2.96. The fourth-order valence-electron chi connectivity index (χ4n) is 3.37. The molecule has 9 nitrogen and oxygen atoms in total. The molecule has 0 fully saturated rings. The lowest BCUT2D eigenvalue weighted by molar-refractivity contribution is 0.722. The first kappa shape index (κ1) is 15.3. The quantitative estimate of drug-likeness (QED) is 0.414. The van der Waals surface area contributed by atoms with Crippen molar-refractivity contribution >= 4 is 32.8 Å². The van der Waals surface area contributed by atoms with Gasteiger partial charge in [0.05, 0.1) is 17.6 Å². The second-order valence-electron chi connectivity index (χ2n) is 6.18. The number of para-hydroxylation sites is 2. The Balaban J connectivity index is 1.82. The summed E-state index contributed by atoms with van der Waals surface area (Å²) in [5.41, 5.74) is -1.57. The van der Waals surface area contributed by atoms with Gasteiger partial charge in [0.1, 0.15) is 27.6 Å². The van der Waals surface area contributed by atoms with Gasteiger partial charge in [-0.05, 0) is 12.1 Å². The number of imidazole rings is 1. The molecular formula is C18H11N5O4. The van der Waals surface area contributed by atoms with E-state index in [0.717, 1.165) is 10.1 Å². The Morgan fingerprint density at radius 2 is 1.44 bits per heavy atom. The lowest BCUT2D eigenvalue weighted by Gasteiger charge is -1.95. The summed E-state index contributed by atoms with van der Waals surface area (Å²) in [7, 11) is 0. The topological polar surface area (TPSA) is 133 Å². The van der Waals surface area contributed by atoms with Gasteiger partial charge in [0.15, 0.2) is 0 Å². The Morgan fingerprint density at radius 1 is 0.852 bits per heavy atom. The molecule has 0 amide bonds. The van der Waals surface area contributed by atoms with Crippen molar-refractivity contribution in [2.24, 2.45) is 0 Å². The predicted molar refractivity (Wildman–Crippen MR) is 99.6 cm³/mol. The fourth-order valence-corrected chi connectivity index (χ4v) is 3.37. The van der Waals surface area contributed by atoms with Crippen molar-refractivity contribution in [3.05, 3.63) is 83.6 Å². The molecular weight excluding hydrogens is 350 g/mol. The third kappa shape index (κ3) is 2.02. The summed E-state index contributed by atoms with van der Waals surface area (Å²) in [6, 6.07) is 7.26. The smallest absolute Gasteiger partial charge is 0.266 e. The number of fused-ring (bicyclic) bond motifs is 3. The standard InChI is InChI=1S/C18H11N5O4/c24-15-11-12(16(25)14-13(15)19-5-6-20-14)18(27)23(17(11)26)7-10-21-8-3-1-2-4-9(8)22-10/h1-6,19-20H,7H2,(H,21,22). The average molecular weight is 361 g/mol. The molecule has 132 valence electrons. The molecule has 0 atom stereocenters. The molecule has 27 heavy (non-hydrogen) atoms. The molecule has 3 heterocycles. The summed E-state index contributed by atoms with van der Waals surface area (Å²) in [6.45, 7) is -0.163. The van der Waals surface area contributed by atoms with Crippen LogP contribution in [0.4, 0.5) is 0 Å². The third-order valence-corrected chi connectivity index (χ3v) is 4.61. The summed E-state index contributed by atoms with van der Waals surface area (Å²) < 4.78 is 0.865. The van der Waals surface area contributed by atoms with Crippen LogP contribution in [-0.2, 0) is 6.54 Å². The maximum absolute atomic E-state index is 12.7. The molecule has 0 aliphatic heterocycles. The second-order valence-corrected chi connectivity index (χ2v) is 6.18. The van der Waals surface area contributed by atoms with Crippen LogP contribution in [0, 0.1) is 0 Å². The molecule has 2 aromatic carbocycles. The van der Waals surface area contributed by atoms with Crippen molar-refractivity contribution in [1.82, 2.24) is 24.5 Å². The van der Waals surface area contributed by atoms with Gasteiger partial charge in [-0.25, -0.2) is 4.98 Å². The summed E-state index contributed by atoms with van der Waals surface area (Å²) in [5, 5.41) is -0.797. The number of hydrogen-bond acceptors (Lipinski definition) is 5. The Labute approximate surface area is 148 Å². The van der Waals surface area contributed by atoms with Gasteiger partial charge >= 0.3 is 0 Å². The van der Waals surface area contributed by atoms with Gasteiger partial charge in [-0.15, -0.1) is 0 Å². The molecule has 9 heteroatoms. The van der Waals surface area contributed by atoms with E-state index in [1.807, 2.05) is 18.2 Å². The van der Waals surface area contributed by atoms with Crippen molar-refractivity contribution < 1.29 is 0 Å². The molecule has 0 saturated carbocycles. The molecule has 0 radical (unpaired) electrons. The first-order valence-corrected chi connectivity index (χ1v) is 8.12. The highest BCUT2D eigenvalue weighted by molar-refractivity contribution is 5.94. The van der Waals surface area contributed by atoms with Gasteiger partial charge in [0.2, 0.25) is 10.9 Å². The number of nitrogens with one attached hydrogen (secondary N) is 3. The number of aromatic amines is 3. The van der Waals surface area contributed by atoms with E-state index in [1.165, 1.54) is 12.4 Å². The number of aromatic nitrogens is 5. The third-order valence-electron chi connectivity index (χ3n) is 4.61. The van der Waals surface area contributed by atoms with E-state index in [4.69, 9.17) is 0 Å². The van der Waals surface area contributed by atoms with E-state index in [1.54, 1.807) is 6.07 Å². The summed E-state index contributed by atoms with van der Waals surface area (Å²) in [6.07, 6.45) is 2.87. The number of H-pyrrole nitrogens is 3. The van der Waals surface area contributed by atoms with Crippen LogP contribution in [0.1, 0.15) is 5.82 Å². The van der Waals surface area contributed by atoms with Crippen LogP contribution < -0.4 is 22.0 Å². The first-order chi connectivity index (χ1) is 13.1. The van der Waals surface area contributed by atoms with E-state index in [9.17, 15) is 19.2 Å². The van der Waals surface area contributed by atoms with Crippen LogP contribution in [-0.4, -0.2) is 24.5 Å². The van der Waals surface area contributed by atoms with Gasteiger partial charge in [-0.1, -0.05) is 12.1 Å². The zero-order chi connectivity index (χ0) is 18.7. The number of rotatable bonds is 2. The summed E-state index contributed by atoms with van der Waals surface area (Å²) in [5.74, 6) is 0.383. The monoisotopic (exact) mass is 361 g/mol. The number of hydrogen-bond donors (Lipinski definition) is 3. The highest BCUT2D eigenvalue weighted by atomic mass is 16.2. The molecule has 5 aromatic rings. The molecule has 0 saturated heterocycles. The van der Waals surface area contributed by atoms with Crippen LogP contribution in [0.5, 0.6) is 0 Å². The second kappa shape index (κ2) is 5.24. The van der Waals surface area contributed by atoms with E-state index >= 15 is 0 Å². The van der Waals surface area contributed by atoms with Crippen LogP contribution in [0.15, 0.2) is 55.8 Å². The maximum atomic E-state index is 12.7. The molecule has 0 aliphatic rings. The normalized spacial score (nSPS) is 11.7. The lowest BCUT2D eigenvalue weighted by Crippen LogP contribution is -2.27. The SMILES string of the molecule is O=c1c2[nH]cc[nH]c2c(=O)c2c(=O)n(Cc3nc4ccccc4[nH]3)c(=O)c12. The lowest BCUT2D eigenvalue weighted by atomic mass is 10.1. The molecule has 0 aliphatic carbocycles. The zero-order valence-electron chi connectivity index (χ0n) is 13.7. The maximum Gasteiger partial charge on any atom is 0.266 e. The Hall–Kier alpha value is -4.01. The highest BCUT2D eigenvalue weighted by Gasteiger charge is 2.22. The van der Waals surface area contributed by atoms with Gasteiger partial charge in [0, 0.05) is 12.4 Å². The zero-order valence-corrected chi connectivity index (χ0v) is 13.7. The minimum absolute atomic E-state index is 0.0343. The van der Waals surface area contributed by atoms with Crippen molar-refractivity contribution in [3.63, 3.8) is 0 Å². The van der Waals surface area contributed by atoms with E-state index in [2.05, 4.69) is 19.9 Å². The predicted octanol–water partition coefficient (Wildman–Crippen LogP) is 0.254. The number of benzene rings is 2. The molecule has 0 bridgehead atoms. The van der Waals surface area contributed by atoms with Crippen LogP contribution in [0.3, 0.4) is 0 Å². The molecule has 0 spiro atoms. The minimum Gasteiger partial charge on any atom is -0.355 e. The van der Waals surface area contributed by atoms with Gasteiger partial charge in [0.25, 0.3) is 11.1 Å². The average Bonchev–Trinajstić information content (AvgIpc) is 3.20. The molecule has 5 rings (SSSR count). The van der Waals surface area contributed by atoms with Gasteiger partial charge in [-0.3, -0.25) is 23.7 Å². The minimum atomic E-state index is -0.795. The largest absolute Gasteiger partial charge is 0.355 e. The van der Waals surface area contributed by atoms with Gasteiger partial charge in [-0.2, -0.15) is 0 Å². The summed E-state index contributed by atoms with van der Waals surface area (Å²) in [4.78, 5) is 63.5. The van der Waals surface area contributed by atoms with Crippen molar-refractivity contribution in [1.29, 1.82) is 0 Å². The molecule has 3 N–H and O–H groups in total. The van der Waals surface area contributed by atoms with Crippen molar-refractivity contribution in [2.45, 2.75) is 6.54 Å². The summed E-state index contributed by atoms with van der Waals surface area (Å²) >= 11 is 0. The van der Waals surface area contributed by atoms with Gasteiger partial charge < -0.3 is 15.0 Å². The van der Waals surface area contributed by atoms with Crippen LogP contribution in [0.2, 0.25) is 0 Å². The van der Waals surface area contributed by atoms with Crippen molar-refractivity contribution in [3.8, 4) is 0 Å². The van der Waals surface area contributed by atoms with Crippen molar-refractivity contribution in [2.75, 3.05) is 0 Å². The molecule has 3 aromatic heterocycles. The van der Waals surface area contributed by atoms with Crippen LogP contribution >= 0.6 is 0 Å². The Morgan fingerprint density at radius 3 is 2.04 bits per heavy atom. The highest BCUT2D eigenvalue weighted by Crippen LogP contribution is 2.11. The van der Waals surface area contributed by atoms with E-state index in [-0.39, 0.29) is 17.6 Å². The number of nitrogens with zero attached hydrogens (tertiary/aromatic N) is 2. The Bertz CT molecular complexity index is 1470. The fraction of sp³-hybridized carbons (Fsp3) is 0.0556. The van der Waals surface area contributed by atoms with E-state index in [0.29, 0.717) is 11.3 Å². The molecule has 0 unspecified atom stereocenters.